The molecule has 1 fully saturated rings. The molecule has 0 atom stereocenters. The number of phenols is 1. The zero-order chi connectivity index (χ0) is 18.9. The second kappa shape index (κ2) is 6.97. The molecule has 7 nitrogen and oxygen atoms in total. The van der Waals surface area contributed by atoms with Crippen LogP contribution in [0.1, 0.15) is 45.1 Å². The first-order valence-electron chi connectivity index (χ1n) is 9.18. The van der Waals surface area contributed by atoms with Crippen LogP contribution in [0.3, 0.4) is 0 Å². The Labute approximate surface area is 153 Å². The third kappa shape index (κ3) is 3.02. The van der Waals surface area contributed by atoms with Gasteiger partial charge in [0.15, 0.2) is 0 Å². The number of benzene rings is 1. The van der Waals surface area contributed by atoms with Crippen LogP contribution in [-0.2, 0) is 16.0 Å². The Morgan fingerprint density at radius 1 is 1.23 bits per heavy atom. The van der Waals surface area contributed by atoms with Crippen LogP contribution in [0.2, 0.25) is 0 Å². The van der Waals surface area contributed by atoms with Gasteiger partial charge in [-0.3, -0.25) is 14.5 Å². The number of hydrogen-bond acceptors (Lipinski definition) is 4. The van der Waals surface area contributed by atoms with E-state index in [1.165, 1.54) is 0 Å². The zero-order valence-corrected chi connectivity index (χ0v) is 15.2. The van der Waals surface area contributed by atoms with Crippen LogP contribution in [0.15, 0.2) is 18.2 Å². The van der Waals surface area contributed by atoms with Crippen LogP contribution in [0, 0.1) is 0 Å². The quantitative estimate of drug-likeness (QED) is 0.806. The first kappa shape index (κ1) is 18.2. The summed E-state index contributed by atoms with van der Waals surface area (Å²) in [4.78, 5) is 40.6. The van der Waals surface area contributed by atoms with Crippen LogP contribution in [0.4, 0.5) is 10.5 Å². The normalized spacial score (nSPS) is 19.2. The van der Waals surface area contributed by atoms with E-state index < -0.39 is 11.6 Å². The third-order valence-corrected chi connectivity index (χ3v) is 5.48. The number of aryl methyl sites for hydroxylation is 1. The first-order chi connectivity index (χ1) is 12.4. The Kier molecular flexibility index (Phi) is 4.89. The highest BCUT2D eigenvalue weighted by Gasteiger charge is 2.49. The van der Waals surface area contributed by atoms with Crippen molar-refractivity contribution in [1.82, 2.24) is 10.2 Å². The van der Waals surface area contributed by atoms with Gasteiger partial charge in [0.2, 0.25) is 5.91 Å². The lowest BCUT2D eigenvalue weighted by atomic mass is 9.93. The van der Waals surface area contributed by atoms with Crippen molar-refractivity contribution in [2.75, 3.05) is 18.0 Å². The Bertz CT molecular complexity index is 742. The van der Waals surface area contributed by atoms with Gasteiger partial charge >= 0.3 is 6.03 Å². The van der Waals surface area contributed by atoms with Crippen molar-refractivity contribution >= 4 is 23.5 Å². The van der Waals surface area contributed by atoms with Gasteiger partial charge in [0.1, 0.15) is 17.8 Å². The summed E-state index contributed by atoms with van der Waals surface area (Å²) in [5.74, 6) is -0.449. The number of nitrogens with zero attached hydrogens (tertiary/aromatic N) is 2. The van der Waals surface area contributed by atoms with Crippen LogP contribution < -0.4 is 10.2 Å². The third-order valence-electron chi connectivity index (χ3n) is 5.48. The Morgan fingerprint density at radius 3 is 2.62 bits per heavy atom. The monoisotopic (exact) mass is 359 g/mol. The summed E-state index contributed by atoms with van der Waals surface area (Å²) >= 11 is 0. The SMILES string of the molecule is CCC1(CC)NC(=O)N(CC(=O)N2CCCCc3cc(O)ccc32)C1=O. The van der Waals surface area contributed by atoms with Crippen molar-refractivity contribution in [2.24, 2.45) is 0 Å². The molecule has 0 bridgehead atoms. The zero-order valence-electron chi connectivity index (χ0n) is 15.2. The van der Waals surface area contributed by atoms with Crippen molar-refractivity contribution in [2.45, 2.75) is 51.5 Å². The minimum Gasteiger partial charge on any atom is -0.508 e. The highest BCUT2D eigenvalue weighted by atomic mass is 16.3. The standard InChI is InChI=1S/C19H25N3O4/c1-3-19(4-2)17(25)22(18(26)20-19)12-16(24)21-10-6-5-7-13-11-14(23)8-9-15(13)21/h8-9,11,23H,3-7,10,12H2,1-2H3,(H,20,26). The smallest absolute Gasteiger partial charge is 0.325 e. The minimum atomic E-state index is -0.903. The van der Waals surface area contributed by atoms with Gasteiger partial charge in [-0.05, 0) is 55.9 Å². The van der Waals surface area contributed by atoms with E-state index in [0.717, 1.165) is 35.4 Å². The molecule has 1 saturated heterocycles. The van der Waals surface area contributed by atoms with Gasteiger partial charge < -0.3 is 15.3 Å². The Morgan fingerprint density at radius 2 is 1.96 bits per heavy atom. The largest absolute Gasteiger partial charge is 0.508 e. The molecule has 1 aromatic carbocycles. The number of phenolic OH excluding ortho intramolecular Hbond substituents is 1. The van der Waals surface area contributed by atoms with Gasteiger partial charge in [-0.1, -0.05) is 13.8 Å². The molecule has 2 heterocycles. The second-order valence-electron chi connectivity index (χ2n) is 6.93. The number of fused-ring (bicyclic) bond motifs is 1. The van der Waals surface area contributed by atoms with E-state index in [1.807, 2.05) is 13.8 Å². The molecule has 0 spiro atoms. The van der Waals surface area contributed by atoms with Crippen molar-refractivity contribution in [1.29, 1.82) is 0 Å². The number of imide groups is 1. The van der Waals surface area contributed by atoms with Crippen LogP contribution in [0.5, 0.6) is 5.75 Å². The maximum Gasteiger partial charge on any atom is 0.325 e. The molecule has 0 aromatic heterocycles. The molecule has 2 aliphatic heterocycles. The second-order valence-corrected chi connectivity index (χ2v) is 6.93. The summed E-state index contributed by atoms with van der Waals surface area (Å²) in [5.41, 5.74) is 0.749. The number of urea groups is 1. The van der Waals surface area contributed by atoms with Crippen molar-refractivity contribution in [3.05, 3.63) is 23.8 Å². The average Bonchev–Trinajstić information content (AvgIpc) is 2.78. The lowest BCUT2D eigenvalue weighted by Gasteiger charge is -2.26. The number of aromatic hydroxyl groups is 1. The molecule has 0 unspecified atom stereocenters. The molecule has 140 valence electrons. The van der Waals surface area contributed by atoms with E-state index in [1.54, 1.807) is 23.1 Å². The molecular formula is C19H25N3O4. The van der Waals surface area contributed by atoms with Crippen molar-refractivity contribution in [3.8, 4) is 5.75 Å². The van der Waals surface area contributed by atoms with Crippen LogP contribution in [-0.4, -0.2) is 46.5 Å². The van der Waals surface area contributed by atoms with Gasteiger partial charge in [-0.15, -0.1) is 0 Å². The van der Waals surface area contributed by atoms with Crippen LogP contribution in [0.25, 0.3) is 0 Å². The Balaban J connectivity index is 1.83. The van der Waals surface area contributed by atoms with Gasteiger partial charge in [0.25, 0.3) is 5.91 Å². The van der Waals surface area contributed by atoms with Crippen LogP contribution >= 0.6 is 0 Å². The van der Waals surface area contributed by atoms with E-state index in [9.17, 15) is 19.5 Å². The summed E-state index contributed by atoms with van der Waals surface area (Å²) in [6, 6.07) is 4.45. The summed E-state index contributed by atoms with van der Waals surface area (Å²) in [5, 5.41) is 12.5. The molecule has 0 saturated carbocycles. The van der Waals surface area contributed by atoms with Crippen molar-refractivity contribution in [3.63, 3.8) is 0 Å². The van der Waals surface area contributed by atoms with E-state index >= 15 is 0 Å². The number of nitrogens with one attached hydrogen (secondary N) is 1. The van der Waals surface area contributed by atoms with Gasteiger partial charge in [-0.25, -0.2) is 4.79 Å². The van der Waals surface area contributed by atoms with E-state index in [0.29, 0.717) is 19.4 Å². The van der Waals surface area contributed by atoms with Crippen molar-refractivity contribution < 1.29 is 19.5 Å². The minimum absolute atomic E-state index is 0.169. The van der Waals surface area contributed by atoms with E-state index in [4.69, 9.17) is 0 Å². The molecule has 0 aliphatic carbocycles. The number of hydrogen-bond donors (Lipinski definition) is 2. The fraction of sp³-hybridized carbons (Fsp3) is 0.526. The number of carbonyl (C=O) groups excluding carboxylic acids is 3. The number of amides is 4. The van der Waals surface area contributed by atoms with Gasteiger partial charge in [0.05, 0.1) is 0 Å². The maximum absolute atomic E-state index is 12.9. The number of rotatable bonds is 4. The van der Waals surface area contributed by atoms with E-state index in [2.05, 4.69) is 5.32 Å². The fourth-order valence-electron chi connectivity index (χ4n) is 3.77. The molecule has 26 heavy (non-hydrogen) atoms. The molecule has 1 aromatic rings. The molecule has 2 aliphatic rings. The average molecular weight is 359 g/mol. The Hall–Kier alpha value is -2.57. The summed E-state index contributed by atoms with van der Waals surface area (Å²) < 4.78 is 0. The van der Waals surface area contributed by atoms with Gasteiger partial charge in [0, 0.05) is 12.2 Å². The maximum atomic E-state index is 12.9. The molecule has 4 amide bonds. The molecular weight excluding hydrogens is 334 g/mol. The van der Waals surface area contributed by atoms with E-state index in [-0.39, 0.29) is 24.1 Å². The summed E-state index contributed by atoms with van der Waals surface area (Å²) in [6.07, 6.45) is 3.51. The first-order valence-corrected chi connectivity index (χ1v) is 9.18. The predicted molar refractivity (Wildman–Crippen MR) is 97.0 cm³/mol. The molecule has 0 radical (unpaired) electrons. The number of carbonyl (C=O) groups is 3. The summed E-state index contributed by atoms with van der Waals surface area (Å²) in [7, 11) is 0. The topological polar surface area (TPSA) is 90.0 Å². The molecule has 3 rings (SSSR count). The highest BCUT2D eigenvalue weighted by molar-refractivity contribution is 6.10. The lowest BCUT2D eigenvalue weighted by Crippen LogP contribution is -2.47. The molecule has 7 heteroatoms. The molecule has 2 N–H and O–H groups in total. The number of anilines is 1. The fourth-order valence-corrected chi connectivity index (χ4v) is 3.77. The van der Waals surface area contributed by atoms with Gasteiger partial charge in [-0.2, -0.15) is 0 Å². The lowest BCUT2D eigenvalue weighted by molar-refractivity contribution is -0.134. The summed E-state index contributed by atoms with van der Waals surface area (Å²) in [6.45, 7) is 3.97. The highest BCUT2D eigenvalue weighted by Crippen LogP contribution is 2.30. The predicted octanol–water partition coefficient (Wildman–Crippen LogP) is 2.17.